The van der Waals surface area contributed by atoms with Crippen LogP contribution < -0.4 is 11.1 Å². The molecule has 0 bridgehead atoms. The molecule has 3 N–H and O–H groups in total. The fourth-order valence-electron chi connectivity index (χ4n) is 1.73. The van der Waals surface area contributed by atoms with E-state index in [0.717, 1.165) is 0 Å². The summed E-state index contributed by atoms with van der Waals surface area (Å²) in [6.45, 7) is 1.63. The lowest BCUT2D eigenvalue weighted by molar-refractivity contribution is -0.122. The van der Waals surface area contributed by atoms with Crippen LogP contribution in [0.3, 0.4) is 0 Å². The van der Waals surface area contributed by atoms with Crippen molar-refractivity contribution in [2.75, 3.05) is 20.6 Å². The average molecular weight is 308 g/mol. The number of hydrogen-bond acceptors (Lipinski definition) is 3. The van der Waals surface area contributed by atoms with Gasteiger partial charge in [-0.15, -0.1) is 12.4 Å². The van der Waals surface area contributed by atoms with Gasteiger partial charge in [0.2, 0.25) is 5.91 Å². The zero-order valence-corrected chi connectivity index (χ0v) is 12.5. The number of carbonyl (C=O) groups is 1. The first-order chi connectivity index (χ1) is 8.84. The number of halogens is 3. The van der Waals surface area contributed by atoms with E-state index < -0.39 is 23.7 Å². The number of nitrogens with two attached hydrogens (primary N) is 1. The summed E-state index contributed by atoms with van der Waals surface area (Å²) >= 11 is 0. The zero-order chi connectivity index (χ0) is 14.6. The Morgan fingerprint density at radius 3 is 2.25 bits per heavy atom. The summed E-state index contributed by atoms with van der Waals surface area (Å²) < 4.78 is 27.5. The van der Waals surface area contributed by atoms with Crippen LogP contribution >= 0.6 is 12.4 Å². The molecule has 0 aromatic heterocycles. The molecular formula is C13H20ClF2N3O. The molecular weight excluding hydrogens is 288 g/mol. The number of hydrogen-bond donors (Lipinski definition) is 2. The molecule has 1 aromatic carbocycles. The van der Waals surface area contributed by atoms with Crippen LogP contribution in [-0.4, -0.2) is 37.5 Å². The third kappa shape index (κ3) is 4.70. The lowest BCUT2D eigenvalue weighted by Gasteiger charge is -2.26. The van der Waals surface area contributed by atoms with Crippen molar-refractivity contribution in [3.05, 3.63) is 35.4 Å². The van der Waals surface area contributed by atoms with Gasteiger partial charge in [-0.2, -0.15) is 0 Å². The molecule has 0 radical (unpaired) electrons. The Balaban J connectivity index is 0.00000361. The minimum absolute atomic E-state index is 0. The van der Waals surface area contributed by atoms with Gasteiger partial charge in [-0.3, -0.25) is 4.79 Å². The molecule has 2 atom stereocenters. The molecule has 0 heterocycles. The van der Waals surface area contributed by atoms with Gasteiger partial charge in [0, 0.05) is 12.1 Å². The maximum Gasteiger partial charge on any atom is 0.236 e. The molecule has 0 spiro atoms. The molecule has 7 heteroatoms. The van der Waals surface area contributed by atoms with Gasteiger partial charge in [0.25, 0.3) is 0 Å². The van der Waals surface area contributed by atoms with Gasteiger partial charge >= 0.3 is 0 Å². The molecule has 0 aliphatic rings. The Kier molecular flexibility index (Phi) is 7.63. The second-order valence-corrected chi connectivity index (χ2v) is 4.65. The monoisotopic (exact) mass is 307 g/mol. The summed E-state index contributed by atoms with van der Waals surface area (Å²) in [5, 5.41) is 2.58. The minimum atomic E-state index is -0.659. The van der Waals surface area contributed by atoms with E-state index in [1.807, 2.05) is 0 Å². The van der Waals surface area contributed by atoms with E-state index in [9.17, 15) is 13.6 Å². The predicted molar refractivity (Wildman–Crippen MR) is 76.7 cm³/mol. The summed E-state index contributed by atoms with van der Waals surface area (Å²) in [5.74, 6) is -1.62. The Morgan fingerprint density at radius 2 is 1.85 bits per heavy atom. The zero-order valence-electron chi connectivity index (χ0n) is 11.7. The van der Waals surface area contributed by atoms with Gasteiger partial charge in [0.15, 0.2) is 0 Å². The smallest absolute Gasteiger partial charge is 0.236 e. The van der Waals surface area contributed by atoms with Gasteiger partial charge in [0.05, 0.1) is 12.1 Å². The van der Waals surface area contributed by atoms with Gasteiger partial charge in [0.1, 0.15) is 11.6 Å². The van der Waals surface area contributed by atoms with Gasteiger partial charge in [-0.05, 0) is 33.2 Å². The van der Waals surface area contributed by atoms with Gasteiger partial charge in [-0.1, -0.05) is 6.07 Å². The quantitative estimate of drug-likeness (QED) is 0.866. The first kappa shape index (κ1) is 18.8. The number of carbonyl (C=O) groups excluding carboxylic acids is 1. The molecule has 0 fully saturated rings. The predicted octanol–water partition coefficient (Wildman–Crippen LogP) is 1.45. The van der Waals surface area contributed by atoms with Crippen LogP contribution in [0.5, 0.6) is 0 Å². The van der Waals surface area contributed by atoms with Crippen molar-refractivity contribution in [2.45, 2.75) is 19.0 Å². The van der Waals surface area contributed by atoms with E-state index in [1.54, 1.807) is 25.9 Å². The second kappa shape index (κ2) is 8.14. The SMILES string of the molecule is CC(N)C(=O)NCC(c1c(F)cccc1F)N(C)C.Cl. The van der Waals surface area contributed by atoms with Gasteiger partial charge in [-0.25, -0.2) is 8.78 Å². The molecule has 20 heavy (non-hydrogen) atoms. The van der Waals surface area contributed by atoms with Crippen LogP contribution in [0.25, 0.3) is 0 Å². The van der Waals surface area contributed by atoms with Crippen LogP contribution in [-0.2, 0) is 4.79 Å². The van der Waals surface area contributed by atoms with Crippen LogP contribution in [0.2, 0.25) is 0 Å². The van der Waals surface area contributed by atoms with Crippen molar-refractivity contribution >= 4 is 18.3 Å². The maximum absolute atomic E-state index is 13.7. The first-order valence-corrected chi connectivity index (χ1v) is 5.98. The summed E-state index contributed by atoms with van der Waals surface area (Å²) in [4.78, 5) is 13.1. The van der Waals surface area contributed by atoms with Crippen LogP contribution in [0.4, 0.5) is 8.78 Å². The molecule has 1 amide bonds. The summed E-state index contributed by atoms with van der Waals surface area (Å²) in [6.07, 6.45) is 0. The van der Waals surface area contributed by atoms with Crippen LogP contribution in [0.15, 0.2) is 18.2 Å². The van der Waals surface area contributed by atoms with Crippen LogP contribution in [0.1, 0.15) is 18.5 Å². The third-order valence-electron chi connectivity index (χ3n) is 2.84. The van der Waals surface area contributed by atoms with E-state index >= 15 is 0 Å². The summed E-state index contributed by atoms with van der Waals surface area (Å²) in [6, 6.07) is 2.45. The highest BCUT2D eigenvalue weighted by molar-refractivity contribution is 5.85. The summed E-state index contributed by atoms with van der Waals surface area (Å²) in [7, 11) is 3.38. The number of rotatable bonds is 5. The fourth-order valence-corrected chi connectivity index (χ4v) is 1.73. The Labute approximate surface area is 123 Å². The standard InChI is InChI=1S/C13H19F2N3O.ClH/c1-8(16)13(19)17-7-11(18(2)3)12-9(14)5-4-6-10(12)15;/h4-6,8,11H,7,16H2,1-3H3,(H,17,19);1H. The molecule has 0 saturated heterocycles. The van der Waals surface area contributed by atoms with Crippen molar-refractivity contribution in [2.24, 2.45) is 5.73 Å². The molecule has 1 aromatic rings. The van der Waals surface area contributed by atoms with Gasteiger partial charge < -0.3 is 16.0 Å². The summed E-state index contributed by atoms with van der Waals surface area (Å²) in [5.41, 5.74) is 5.37. The van der Waals surface area contributed by atoms with E-state index in [1.165, 1.54) is 18.2 Å². The topological polar surface area (TPSA) is 58.4 Å². The van der Waals surface area contributed by atoms with E-state index in [0.29, 0.717) is 0 Å². The number of nitrogens with one attached hydrogen (secondary N) is 1. The second-order valence-electron chi connectivity index (χ2n) is 4.65. The first-order valence-electron chi connectivity index (χ1n) is 5.98. The fraction of sp³-hybridized carbons (Fsp3) is 0.462. The highest BCUT2D eigenvalue weighted by Gasteiger charge is 2.23. The minimum Gasteiger partial charge on any atom is -0.353 e. The van der Waals surface area contributed by atoms with Crippen molar-refractivity contribution < 1.29 is 13.6 Å². The largest absolute Gasteiger partial charge is 0.353 e. The van der Waals surface area contributed by atoms with E-state index in [4.69, 9.17) is 5.73 Å². The lowest BCUT2D eigenvalue weighted by Crippen LogP contribution is -2.42. The average Bonchev–Trinajstić information content (AvgIpc) is 2.31. The molecule has 2 unspecified atom stereocenters. The van der Waals surface area contributed by atoms with Crippen molar-refractivity contribution in [1.82, 2.24) is 10.2 Å². The molecule has 0 aliphatic heterocycles. The Morgan fingerprint density at radius 1 is 1.35 bits per heavy atom. The third-order valence-corrected chi connectivity index (χ3v) is 2.84. The molecule has 114 valence electrons. The van der Waals surface area contributed by atoms with E-state index in [-0.39, 0.29) is 30.4 Å². The lowest BCUT2D eigenvalue weighted by atomic mass is 10.0. The number of likely N-dealkylation sites (N-methyl/N-ethyl adjacent to an activating group) is 1. The number of benzene rings is 1. The van der Waals surface area contributed by atoms with Crippen molar-refractivity contribution in [3.63, 3.8) is 0 Å². The van der Waals surface area contributed by atoms with Crippen molar-refractivity contribution in [3.8, 4) is 0 Å². The van der Waals surface area contributed by atoms with Crippen molar-refractivity contribution in [1.29, 1.82) is 0 Å². The Bertz CT molecular complexity index is 435. The normalized spacial score (nSPS) is 13.6. The highest BCUT2D eigenvalue weighted by Crippen LogP contribution is 2.23. The van der Waals surface area contributed by atoms with Crippen LogP contribution in [0, 0.1) is 11.6 Å². The molecule has 0 saturated carbocycles. The molecule has 4 nitrogen and oxygen atoms in total. The highest BCUT2D eigenvalue weighted by atomic mass is 35.5. The maximum atomic E-state index is 13.7. The number of amides is 1. The molecule has 0 aliphatic carbocycles. The van der Waals surface area contributed by atoms with E-state index in [2.05, 4.69) is 5.32 Å². The number of nitrogens with zero attached hydrogens (tertiary/aromatic N) is 1. The Hall–Kier alpha value is -1.24. The molecule has 1 rings (SSSR count).